The van der Waals surface area contributed by atoms with E-state index in [2.05, 4.69) is 29.0 Å². The summed E-state index contributed by atoms with van der Waals surface area (Å²) in [5.74, 6) is 0.0236. The zero-order chi connectivity index (χ0) is 9.84. The first-order valence-corrected chi connectivity index (χ1v) is 4.48. The Bertz CT molecular complexity index is 227. The van der Waals surface area contributed by atoms with Crippen LogP contribution in [0.25, 0.3) is 0 Å². The minimum atomic E-state index is 0.0236. The summed E-state index contributed by atoms with van der Waals surface area (Å²) < 4.78 is 0. The molecular weight excluding hydrogens is 166 g/mol. The second-order valence-corrected chi connectivity index (χ2v) is 3.51. The number of hydrogen-bond donors (Lipinski definition) is 2. The molecule has 74 valence electrons. The minimum absolute atomic E-state index is 0.0236. The van der Waals surface area contributed by atoms with E-state index in [1.807, 2.05) is 0 Å². The highest BCUT2D eigenvalue weighted by atomic mass is 15.3. The Morgan fingerprint density at radius 1 is 1.46 bits per heavy atom. The van der Waals surface area contributed by atoms with E-state index in [1.54, 1.807) is 0 Å². The molecule has 0 saturated carbocycles. The number of hydrogen-bond acceptors (Lipinski definition) is 3. The highest BCUT2D eigenvalue weighted by Crippen LogP contribution is 2.09. The summed E-state index contributed by atoms with van der Waals surface area (Å²) in [7, 11) is 0. The van der Waals surface area contributed by atoms with Crippen LogP contribution in [0.2, 0.25) is 0 Å². The van der Waals surface area contributed by atoms with Gasteiger partial charge in [0.05, 0.1) is 5.71 Å². The fourth-order valence-electron chi connectivity index (χ4n) is 1.32. The van der Waals surface area contributed by atoms with Gasteiger partial charge in [0.25, 0.3) is 0 Å². The third kappa shape index (κ3) is 3.02. The second kappa shape index (κ2) is 4.23. The first kappa shape index (κ1) is 9.98. The van der Waals surface area contributed by atoms with E-state index in [9.17, 15) is 0 Å². The summed E-state index contributed by atoms with van der Waals surface area (Å²) >= 11 is 0. The Morgan fingerprint density at radius 3 is 2.62 bits per heavy atom. The van der Waals surface area contributed by atoms with Gasteiger partial charge in [0.1, 0.15) is 0 Å². The van der Waals surface area contributed by atoms with Crippen molar-refractivity contribution in [2.75, 3.05) is 13.1 Å². The molecular formula is C8H17N5. The van der Waals surface area contributed by atoms with Crippen LogP contribution in [-0.2, 0) is 0 Å². The molecule has 1 aliphatic rings. The SMILES string of the molecule is CC(C)N1CCC(=NN=C(N)N)C1. The molecule has 1 rings (SSSR count). The monoisotopic (exact) mass is 183 g/mol. The summed E-state index contributed by atoms with van der Waals surface area (Å²) in [6.07, 6.45) is 0.967. The van der Waals surface area contributed by atoms with Crippen LogP contribution in [0.5, 0.6) is 0 Å². The van der Waals surface area contributed by atoms with E-state index >= 15 is 0 Å². The van der Waals surface area contributed by atoms with Crippen LogP contribution in [-0.4, -0.2) is 35.7 Å². The summed E-state index contributed by atoms with van der Waals surface area (Å²) in [4.78, 5) is 2.33. The molecule has 4 N–H and O–H groups in total. The lowest BCUT2D eigenvalue weighted by Gasteiger charge is -2.17. The predicted molar refractivity (Wildman–Crippen MR) is 54.6 cm³/mol. The van der Waals surface area contributed by atoms with Crippen molar-refractivity contribution >= 4 is 11.7 Å². The lowest BCUT2D eigenvalue weighted by molar-refractivity contribution is 0.284. The maximum absolute atomic E-state index is 5.17. The average Bonchev–Trinajstić information content (AvgIpc) is 2.48. The summed E-state index contributed by atoms with van der Waals surface area (Å²) in [5.41, 5.74) is 11.4. The number of likely N-dealkylation sites (tertiary alicyclic amines) is 1. The maximum atomic E-state index is 5.17. The van der Waals surface area contributed by atoms with E-state index in [4.69, 9.17) is 11.5 Å². The van der Waals surface area contributed by atoms with Gasteiger partial charge in [0.15, 0.2) is 0 Å². The summed E-state index contributed by atoms with van der Waals surface area (Å²) in [6.45, 7) is 6.28. The predicted octanol–water partition coefficient (Wildman–Crippen LogP) is -0.270. The molecule has 1 aliphatic heterocycles. The fraction of sp³-hybridized carbons (Fsp3) is 0.750. The first-order valence-electron chi connectivity index (χ1n) is 4.48. The van der Waals surface area contributed by atoms with Gasteiger partial charge in [-0.3, -0.25) is 4.90 Å². The van der Waals surface area contributed by atoms with E-state index in [1.165, 1.54) is 0 Å². The molecule has 0 aromatic carbocycles. The molecule has 0 aliphatic carbocycles. The van der Waals surface area contributed by atoms with Crippen LogP contribution < -0.4 is 11.5 Å². The van der Waals surface area contributed by atoms with Crippen molar-refractivity contribution in [2.45, 2.75) is 26.3 Å². The molecule has 0 amide bonds. The topological polar surface area (TPSA) is 80.0 Å². The van der Waals surface area contributed by atoms with E-state index in [0.717, 1.165) is 25.2 Å². The summed E-state index contributed by atoms with van der Waals surface area (Å²) in [6, 6.07) is 0.562. The highest BCUT2D eigenvalue weighted by molar-refractivity contribution is 5.89. The largest absolute Gasteiger partial charge is 0.369 e. The molecule has 5 nitrogen and oxygen atoms in total. The van der Waals surface area contributed by atoms with Gasteiger partial charge in [-0.25, -0.2) is 0 Å². The van der Waals surface area contributed by atoms with Crippen molar-refractivity contribution in [3.63, 3.8) is 0 Å². The molecule has 1 saturated heterocycles. The Labute approximate surface area is 78.5 Å². The highest BCUT2D eigenvalue weighted by Gasteiger charge is 2.19. The van der Waals surface area contributed by atoms with E-state index < -0.39 is 0 Å². The smallest absolute Gasteiger partial charge is 0.211 e. The molecule has 0 aromatic rings. The Morgan fingerprint density at radius 2 is 2.15 bits per heavy atom. The third-order valence-corrected chi connectivity index (χ3v) is 2.11. The average molecular weight is 183 g/mol. The molecule has 1 fully saturated rings. The van der Waals surface area contributed by atoms with Gasteiger partial charge in [-0.05, 0) is 13.8 Å². The molecule has 13 heavy (non-hydrogen) atoms. The van der Waals surface area contributed by atoms with Crippen LogP contribution in [0.1, 0.15) is 20.3 Å². The Kier molecular flexibility index (Phi) is 3.25. The standard InChI is InChI=1S/C8H17N5/c1-6(2)13-4-3-7(5-13)11-12-8(9)10/h6H,3-5H2,1-2H3,(H4,9,10,12). The first-order chi connectivity index (χ1) is 6.09. The van der Waals surface area contributed by atoms with Crippen LogP contribution in [0.4, 0.5) is 0 Å². The van der Waals surface area contributed by atoms with Gasteiger partial charge in [0.2, 0.25) is 5.96 Å². The molecule has 0 unspecified atom stereocenters. The molecule has 0 atom stereocenters. The maximum Gasteiger partial charge on any atom is 0.211 e. The fourth-order valence-corrected chi connectivity index (χ4v) is 1.32. The van der Waals surface area contributed by atoms with Gasteiger partial charge in [0, 0.05) is 25.6 Å². The van der Waals surface area contributed by atoms with Crippen LogP contribution in [0, 0.1) is 0 Å². The third-order valence-electron chi connectivity index (χ3n) is 2.11. The van der Waals surface area contributed by atoms with Gasteiger partial charge in [-0.15, -0.1) is 5.10 Å². The van der Waals surface area contributed by atoms with Crippen molar-refractivity contribution in [1.29, 1.82) is 0 Å². The van der Waals surface area contributed by atoms with Gasteiger partial charge in [-0.2, -0.15) is 5.10 Å². The van der Waals surface area contributed by atoms with Crippen molar-refractivity contribution in [2.24, 2.45) is 21.7 Å². The molecule has 0 spiro atoms. The Balaban J connectivity index is 2.50. The summed E-state index contributed by atoms with van der Waals surface area (Å²) in [5, 5.41) is 7.60. The number of nitrogens with zero attached hydrogens (tertiary/aromatic N) is 3. The van der Waals surface area contributed by atoms with Crippen molar-refractivity contribution in [3.05, 3.63) is 0 Å². The van der Waals surface area contributed by atoms with E-state index in [0.29, 0.717) is 6.04 Å². The molecule has 0 bridgehead atoms. The van der Waals surface area contributed by atoms with E-state index in [-0.39, 0.29) is 5.96 Å². The Hall–Kier alpha value is -1.10. The minimum Gasteiger partial charge on any atom is -0.369 e. The zero-order valence-corrected chi connectivity index (χ0v) is 8.20. The molecule has 5 heteroatoms. The normalized spacial score (nSPS) is 21.3. The van der Waals surface area contributed by atoms with Crippen molar-refractivity contribution in [1.82, 2.24) is 4.90 Å². The molecule has 0 aromatic heterocycles. The van der Waals surface area contributed by atoms with Crippen LogP contribution >= 0.6 is 0 Å². The van der Waals surface area contributed by atoms with Crippen LogP contribution in [0.3, 0.4) is 0 Å². The van der Waals surface area contributed by atoms with Gasteiger partial charge < -0.3 is 11.5 Å². The number of rotatable bonds is 2. The lowest BCUT2D eigenvalue weighted by atomic mass is 10.3. The zero-order valence-electron chi connectivity index (χ0n) is 8.20. The van der Waals surface area contributed by atoms with Gasteiger partial charge >= 0.3 is 0 Å². The number of nitrogens with two attached hydrogens (primary N) is 2. The van der Waals surface area contributed by atoms with Gasteiger partial charge in [-0.1, -0.05) is 0 Å². The molecule has 0 radical (unpaired) electrons. The lowest BCUT2D eigenvalue weighted by Crippen LogP contribution is -2.28. The second-order valence-electron chi connectivity index (χ2n) is 3.51. The molecule has 1 heterocycles. The van der Waals surface area contributed by atoms with Crippen molar-refractivity contribution < 1.29 is 0 Å². The number of guanidine groups is 1. The van der Waals surface area contributed by atoms with Crippen molar-refractivity contribution in [3.8, 4) is 0 Å². The van der Waals surface area contributed by atoms with Crippen LogP contribution in [0.15, 0.2) is 10.2 Å². The quantitative estimate of drug-likeness (QED) is 0.351.